The number of pyridine rings is 1. The number of fused-ring (bicyclic) bond motifs is 1. The van der Waals surface area contributed by atoms with Crippen LogP contribution >= 0.6 is 0 Å². The smallest absolute Gasteiger partial charge is 0.165 e. The molecule has 0 radical (unpaired) electrons. The van der Waals surface area contributed by atoms with E-state index in [1.165, 1.54) is 6.07 Å². The maximum atomic E-state index is 14.2. The van der Waals surface area contributed by atoms with Crippen LogP contribution < -0.4 is 9.47 Å². The van der Waals surface area contributed by atoms with Gasteiger partial charge in [-0.3, -0.25) is 9.88 Å². The zero-order chi connectivity index (χ0) is 20.9. The molecule has 0 atom stereocenters. The van der Waals surface area contributed by atoms with Gasteiger partial charge >= 0.3 is 0 Å². The lowest BCUT2D eigenvalue weighted by atomic mass is 10.1. The molecule has 2 heterocycles. The number of halogens is 1. The average Bonchev–Trinajstić information content (AvgIpc) is 2.74. The molecule has 1 aliphatic heterocycles. The third-order valence-corrected chi connectivity index (χ3v) is 5.07. The molecule has 2 aromatic carbocycles. The van der Waals surface area contributed by atoms with Gasteiger partial charge in [0.05, 0.1) is 25.3 Å². The quantitative estimate of drug-likeness (QED) is 0.585. The lowest BCUT2D eigenvalue weighted by Crippen LogP contribution is -2.37. The zero-order valence-corrected chi connectivity index (χ0v) is 16.9. The predicted octanol–water partition coefficient (Wildman–Crippen LogP) is 4.28. The first-order chi connectivity index (χ1) is 14.6. The fourth-order valence-corrected chi connectivity index (χ4v) is 3.44. The van der Waals surface area contributed by atoms with Crippen molar-refractivity contribution in [3.05, 3.63) is 54.0 Å². The standard InChI is InChI=1S/C23H25FN2O4/c1-16-3-4-22(18(24)13-16)30-21-5-6-25-19-15-23(20(27)14-17(19)21)29-10-2-7-26-8-11-28-12-9-26/h3-6,13-15,27H,2,7-12H2,1H3. The van der Waals surface area contributed by atoms with E-state index in [0.717, 1.165) is 44.8 Å². The van der Waals surface area contributed by atoms with Crippen LogP contribution in [0.15, 0.2) is 42.6 Å². The molecular formula is C23H25FN2O4. The van der Waals surface area contributed by atoms with Crippen molar-refractivity contribution in [2.75, 3.05) is 39.5 Å². The van der Waals surface area contributed by atoms with E-state index in [-0.39, 0.29) is 11.5 Å². The third-order valence-electron chi connectivity index (χ3n) is 5.07. The van der Waals surface area contributed by atoms with E-state index in [2.05, 4.69) is 9.88 Å². The van der Waals surface area contributed by atoms with E-state index < -0.39 is 5.82 Å². The van der Waals surface area contributed by atoms with Crippen LogP contribution in [-0.2, 0) is 4.74 Å². The number of aryl methyl sites for hydroxylation is 1. The van der Waals surface area contributed by atoms with E-state index in [1.807, 2.05) is 6.92 Å². The highest BCUT2D eigenvalue weighted by Crippen LogP contribution is 2.37. The number of nitrogens with zero attached hydrogens (tertiary/aromatic N) is 2. The molecule has 0 unspecified atom stereocenters. The van der Waals surface area contributed by atoms with E-state index in [1.54, 1.807) is 36.5 Å². The maximum absolute atomic E-state index is 14.2. The van der Waals surface area contributed by atoms with Gasteiger partial charge in [-0.05, 0) is 43.2 Å². The van der Waals surface area contributed by atoms with Crippen molar-refractivity contribution in [1.82, 2.24) is 9.88 Å². The Balaban J connectivity index is 1.45. The molecule has 3 aromatic rings. The molecular weight excluding hydrogens is 387 g/mol. The second kappa shape index (κ2) is 9.28. The normalized spacial score (nSPS) is 14.7. The first-order valence-electron chi connectivity index (χ1n) is 10.1. The van der Waals surface area contributed by atoms with Gasteiger partial charge in [0.15, 0.2) is 23.1 Å². The lowest BCUT2D eigenvalue weighted by Gasteiger charge is -2.26. The average molecular weight is 412 g/mol. The number of benzene rings is 2. The Hall–Kier alpha value is -2.90. The van der Waals surface area contributed by atoms with Gasteiger partial charge in [0.1, 0.15) is 5.75 Å². The summed E-state index contributed by atoms with van der Waals surface area (Å²) in [4.78, 5) is 6.67. The molecule has 0 bridgehead atoms. The van der Waals surface area contributed by atoms with Gasteiger partial charge in [-0.1, -0.05) is 6.07 Å². The number of aromatic hydroxyl groups is 1. The molecule has 158 valence electrons. The van der Waals surface area contributed by atoms with Crippen LogP contribution in [0.1, 0.15) is 12.0 Å². The van der Waals surface area contributed by atoms with Crippen LogP contribution in [0, 0.1) is 12.7 Å². The van der Waals surface area contributed by atoms with E-state index >= 15 is 0 Å². The van der Waals surface area contributed by atoms with Crippen LogP contribution in [0.25, 0.3) is 10.9 Å². The van der Waals surface area contributed by atoms with Crippen LogP contribution in [-0.4, -0.2) is 54.4 Å². The molecule has 1 saturated heterocycles. The van der Waals surface area contributed by atoms with Gasteiger partial charge in [0, 0.05) is 37.3 Å². The molecule has 0 aliphatic carbocycles. The van der Waals surface area contributed by atoms with Crippen LogP contribution in [0.5, 0.6) is 23.0 Å². The number of morpholine rings is 1. The lowest BCUT2D eigenvalue weighted by molar-refractivity contribution is 0.0357. The predicted molar refractivity (Wildman–Crippen MR) is 112 cm³/mol. The fourth-order valence-electron chi connectivity index (χ4n) is 3.44. The summed E-state index contributed by atoms with van der Waals surface area (Å²) in [5.41, 5.74) is 1.41. The van der Waals surface area contributed by atoms with Gasteiger partial charge in [0.2, 0.25) is 0 Å². The number of ether oxygens (including phenoxy) is 3. The molecule has 1 fully saturated rings. The second-order valence-electron chi connectivity index (χ2n) is 7.34. The summed E-state index contributed by atoms with van der Waals surface area (Å²) in [6.07, 6.45) is 2.43. The third kappa shape index (κ3) is 4.80. The summed E-state index contributed by atoms with van der Waals surface area (Å²) >= 11 is 0. The Morgan fingerprint density at radius 2 is 1.93 bits per heavy atom. The minimum atomic E-state index is -0.440. The molecule has 1 aromatic heterocycles. The number of phenols is 1. The number of rotatable bonds is 7. The number of hydrogen-bond acceptors (Lipinski definition) is 6. The van der Waals surface area contributed by atoms with Crippen molar-refractivity contribution in [3.63, 3.8) is 0 Å². The largest absolute Gasteiger partial charge is 0.504 e. The summed E-state index contributed by atoms with van der Waals surface area (Å²) in [6.45, 7) is 6.65. The van der Waals surface area contributed by atoms with Crippen molar-refractivity contribution in [1.29, 1.82) is 0 Å². The molecule has 6 nitrogen and oxygen atoms in total. The molecule has 0 amide bonds. The first kappa shape index (κ1) is 20.4. The topological polar surface area (TPSA) is 64.1 Å². The molecule has 4 rings (SSSR count). The summed E-state index contributed by atoms with van der Waals surface area (Å²) in [5.74, 6) is 0.462. The van der Waals surface area contributed by atoms with Crippen molar-refractivity contribution in [2.24, 2.45) is 0 Å². The van der Waals surface area contributed by atoms with Crippen molar-refractivity contribution in [2.45, 2.75) is 13.3 Å². The van der Waals surface area contributed by atoms with E-state index in [4.69, 9.17) is 14.2 Å². The second-order valence-corrected chi connectivity index (χ2v) is 7.34. The molecule has 0 spiro atoms. The number of hydrogen-bond donors (Lipinski definition) is 1. The summed E-state index contributed by atoms with van der Waals surface area (Å²) in [7, 11) is 0. The molecule has 0 saturated carbocycles. The minimum Gasteiger partial charge on any atom is -0.504 e. The number of phenolic OH excluding ortho intramolecular Hbond substituents is 1. The van der Waals surface area contributed by atoms with Crippen LogP contribution in [0.2, 0.25) is 0 Å². The molecule has 7 heteroatoms. The Morgan fingerprint density at radius 3 is 2.73 bits per heavy atom. The van der Waals surface area contributed by atoms with Gasteiger partial charge in [-0.25, -0.2) is 4.39 Å². The molecule has 1 N–H and O–H groups in total. The van der Waals surface area contributed by atoms with Gasteiger partial charge in [0.25, 0.3) is 0 Å². The zero-order valence-electron chi connectivity index (χ0n) is 16.9. The fraction of sp³-hybridized carbons (Fsp3) is 0.348. The highest BCUT2D eigenvalue weighted by Gasteiger charge is 2.13. The minimum absolute atomic E-state index is 0.00361. The number of aromatic nitrogens is 1. The Bertz CT molecular complexity index is 1020. The van der Waals surface area contributed by atoms with E-state index in [9.17, 15) is 9.50 Å². The Morgan fingerprint density at radius 1 is 1.10 bits per heavy atom. The maximum Gasteiger partial charge on any atom is 0.165 e. The van der Waals surface area contributed by atoms with Gasteiger partial charge < -0.3 is 19.3 Å². The van der Waals surface area contributed by atoms with Gasteiger partial charge in [-0.2, -0.15) is 0 Å². The van der Waals surface area contributed by atoms with Crippen molar-refractivity contribution < 1.29 is 23.7 Å². The highest BCUT2D eigenvalue weighted by molar-refractivity contribution is 5.88. The van der Waals surface area contributed by atoms with Crippen molar-refractivity contribution in [3.8, 4) is 23.0 Å². The SMILES string of the molecule is Cc1ccc(Oc2ccnc3cc(OCCCN4CCOCC4)c(O)cc23)c(F)c1. The van der Waals surface area contributed by atoms with Crippen molar-refractivity contribution >= 4 is 10.9 Å². The van der Waals surface area contributed by atoms with Crippen LogP contribution in [0.4, 0.5) is 4.39 Å². The Kier molecular flexibility index (Phi) is 6.30. The molecule has 1 aliphatic rings. The summed E-state index contributed by atoms with van der Waals surface area (Å²) in [6, 6.07) is 9.65. The summed E-state index contributed by atoms with van der Waals surface area (Å²) in [5, 5.41) is 11.0. The monoisotopic (exact) mass is 412 g/mol. The van der Waals surface area contributed by atoms with E-state index in [0.29, 0.717) is 29.0 Å². The first-order valence-corrected chi connectivity index (χ1v) is 10.1. The Labute approximate surface area is 174 Å². The summed E-state index contributed by atoms with van der Waals surface area (Å²) < 4.78 is 31.0. The molecule has 30 heavy (non-hydrogen) atoms. The van der Waals surface area contributed by atoms with Gasteiger partial charge in [-0.15, -0.1) is 0 Å². The highest BCUT2D eigenvalue weighted by atomic mass is 19.1. The van der Waals surface area contributed by atoms with Crippen LogP contribution in [0.3, 0.4) is 0 Å².